The summed E-state index contributed by atoms with van der Waals surface area (Å²) >= 11 is 0.830. The Balaban J connectivity index is 1.53. The molecule has 0 unspecified atom stereocenters. The molecule has 0 aliphatic heterocycles. The van der Waals surface area contributed by atoms with Crippen LogP contribution in [0.4, 0.5) is 17.6 Å². The van der Waals surface area contributed by atoms with Crippen molar-refractivity contribution in [2.75, 3.05) is 26.1 Å². The van der Waals surface area contributed by atoms with Crippen LogP contribution in [0.2, 0.25) is 0 Å². The lowest BCUT2D eigenvalue weighted by Crippen LogP contribution is -2.40. The first-order valence-corrected chi connectivity index (χ1v) is 16.0. The average Bonchev–Trinajstić information content (AvgIpc) is 3.65. The molecule has 6 nitrogen and oxygen atoms in total. The summed E-state index contributed by atoms with van der Waals surface area (Å²) in [6.45, 7) is -3.12. The Kier molecular flexibility index (Phi) is 8.17. The summed E-state index contributed by atoms with van der Waals surface area (Å²) in [6, 6.07) is 7.94. The highest BCUT2D eigenvalue weighted by atomic mass is 32.2. The molecular weight excluding hydrogens is 628 g/mol. The van der Waals surface area contributed by atoms with Gasteiger partial charge in [0, 0.05) is 39.3 Å². The maximum Gasteiger partial charge on any atom is 0.416 e. The number of amides is 1. The molecule has 0 bridgehead atoms. The molecule has 47 heavy (non-hydrogen) atoms. The molecule has 0 saturated heterocycles. The second kappa shape index (κ2) is 15.3. The van der Waals surface area contributed by atoms with Crippen molar-refractivity contribution in [1.29, 1.82) is 0 Å². The maximum absolute atomic E-state index is 14.5. The number of thioether (sulfide) groups is 1. The molecule has 1 heterocycles. The Morgan fingerprint density at radius 3 is 2.21 bits per heavy atom. The van der Waals surface area contributed by atoms with Gasteiger partial charge in [0.05, 0.1) is 13.8 Å². The molecule has 1 aliphatic carbocycles. The molecule has 1 aromatic heterocycles. The van der Waals surface area contributed by atoms with E-state index < -0.39 is 79.3 Å². The fourth-order valence-electron chi connectivity index (χ4n) is 5.15. The van der Waals surface area contributed by atoms with E-state index in [9.17, 15) is 27.2 Å². The number of alkyl halides is 3. The zero-order chi connectivity index (χ0) is 40.6. The second-order valence-electron chi connectivity index (χ2n) is 10.8. The molecule has 5 rings (SSSR count). The highest BCUT2D eigenvalue weighted by Crippen LogP contribution is 2.31. The lowest BCUT2D eigenvalue weighted by molar-refractivity contribution is -0.137. The van der Waals surface area contributed by atoms with Gasteiger partial charge in [0.15, 0.2) is 5.16 Å². The summed E-state index contributed by atoms with van der Waals surface area (Å²) in [6.07, 6.45) is -3.21. The van der Waals surface area contributed by atoms with E-state index in [1.807, 2.05) is 0 Å². The lowest BCUT2D eigenvalue weighted by atomic mass is 10.0. The third-order valence-electron chi connectivity index (χ3n) is 7.73. The van der Waals surface area contributed by atoms with Crippen LogP contribution in [0.5, 0.6) is 0 Å². The van der Waals surface area contributed by atoms with E-state index in [4.69, 9.17) is 11.0 Å². The first-order chi connectivity index (χ1) is 25.7. The van der Waals surface area contributed by atoms with Crippen LogP contribution in [-0.2, 0) is 42.7 Å². The van der Waals surface area contributed by atoms with Gasteiger partial charge in [-0.05, 0) is 78.8 Å². The van der Waals surface area contributed by atoms with E-state index in [1.54, 1.807) is 38.1 Å². The van der Waals surface area contributed by atoms with E-state index in [-0.39, 0.29) is 29.6 Å². The minimum Gasteiger partial charge on any atom is -0.336 e. The van der Waals surface area contributed by atoms with Gasteiger partial charge in [0.25, 0.3) is 5.56 Å². The Morgan fingerprint density at radius 2 is 1.60 bits per heavy atom. The minimum absolute atomic E-state index is 0.0339. The number of rotatable bonds is 13. The second-order valence-corrected chi connectivity index (χ2v) is 11.7. The average molecular weight is 675 g/mol. The maximum atomic E-state index is 14.5. The number of aromatic nitrogens is 2. The van der Waals surface area contributed by atoms with Gasteiger partial charge in [-0.1, -0.05) is 74.1 Å². The van der Waals surface area contributed by atoms with Gasteiger partial charge in [-0.3, -0.25) is 9.59 Å². The SMILES string of the molecule is [2H]c1c([2H])c(CSc2nc(=O)c3c(n2CC(=O)N(Cc2ccc(-c4ccc(C(F)(F)F)cc4)cc2)C([2H])([2H])C([2H])([2H])N(CC)CC)CCC3)c([2H])c([2H])c1F. The minimum atomic E-state index is -4.50. The van der Waals surface area contributed by atoms with Gasteiger partial charge in [-0.15, -0.1) is 0 Å². The van der Waals surface area contributed by atoms with Crippen molar-refractivity contribution in [3.8, 4) is 11.1 Å². The van der Waals surface area contributed by atoms with Crippen molar-refractivity contribution < 1.29 is 33.3 Å². The Labute approximate surface area is 287 Å². The number of hydrogen-bond donors (Lipinski definition) is 0. The highest BCUT2D eigenvalue weighted by molar-refractivity contribution is 7.98. The van der Waals surface area contributed by atoms with E-state index in [0.29, 0.717) is 47.2 Å². The van der Waals surface area contributed by atoms with Gasteiger partial charge < -0.3 is 14.4 Å². The van der Waals surface area contributed by atoms with Crippen molar-refractivity contribution >= 4 is 17.7 Å². The highest BCUT2D eigenvalue weighted by Gasteiger charge is 2.30. The van der Waals surface area contributed by atoms with Crippen molar-refractivity contribution in [2.45, 2.75) is 63.3 Å². The topological polar surface area (TPSA) is 58.4 Å². The Hall–Kier alpha value is -3.96. The first kappa shape index (κ1) is 25.1. The van der Waals surface area contributed by atoms with Crippen molar-refractivity contribution in [2.24, 2.45) is 0 Å². The van der Waals surface area contributed by atoms with Crippen molar-refractivity contribution in [1.82, 2.24) is 19.4 Å². The predicted octanol–water partition coefficient (Wildman–Crippen LogP) is 7.22. The molecule has 4 aromatic rings. The van der Waals surface area contributed by atoms with Gasteiger partial charge in [-0.2, -0.15) is 18.2 Å². The van der Waals surface area contributed by atoms with E-state index in [1.165, 1.54) is 21.6 Å². The summed E-state index contributed by atoms with van der Waals surface area (Å²) < 4.78 is 123. The molecule has 1 amide bonds. The van der Waals surface area contributed by atoms with Crippen LogP contribution in [0.25, 0.3) is 11.1 Å². The fourth-order valence-corrected chi connectivity index (χ4v) is 6.05. The Bertz CT molecular complexity index is 2100. The number of benzene rings is 3. The molecule has 11 heteroatoms. The number of likely N-dealkylation sites (N-methyl/N-ethyl adjacent to an activating group) is 1. The van der Waals surface area contributed by atoms with Crippen LogP contribution in [0.1, 0.15) is 59.2 Å². The van der Waals surface area contributed by atoms with E-state index in [2.05, 4.69) is 4.98 Å². The Morgan fingerprint density at radius 1 is 0.957 bits per heavy atom. The molecule has 0 saturated carbocycles. The number of hydrogen-bond acceptors (Lipinski definition) is 5. The van der Waals surface area contributed by atoms with E-state index >= 15 is 0 Å². The summed E-state index contributed by atoms with van der Waals surface area (Å²) in [5.41, 5.74) is 0.724. The number of fused-ring (bicyclic) bond motifs is 1. The molecule has 3 aromatic carbocycles. The number of carbonyl (C=O) groups excluding carboxylic acids is 1. The van der Waals surface area contributed by atoms with Gasteiger partial charge in [0.2, 0.25) is 5.91 Å². The normalized spacial score (nSPS) is 15.9. The number of nitrogens with zero attached hydrogens (tertiary/aromatic N) is 4. The predicted molar refractivity (Wildman–Crippen MR) is 177 cm³/mol. The summed E-state index contributed by atoms with van der Waals surface area (Å²) in [7, 11) is 0. The quantitative estimate of drug-likeness (QED) is 0.0852. The molecule has 0 radical (unpaired) electrons. The van der Waals surface area contributed by atoms with Gasteiger partial charge in [0.1, 0.15) is 12.4 Å². The summed E-state index contributed by atoms with van der Waals surface area (Å²) in [5, 5.41) is -0.0339. The zero-order valence-corrected chi connectivity index (χ0v) is 26.6. The van der Waals surface area contributed by atoms with Crippen LogP contribution in [0.15, 0.2) is 82.7 Å². The van der Waals surface area contributed by atoms with Crippen LogP contribution in [0.3, 0.4) is 0 Å². The molecule has 1 aliphatic rings. The standard InChI is InChI=1S/C36H38F4N4O2S/c1-3-42(4-2)20-21-43(22-25-8-12-27(13-9-25)28-14-16-29(17-15-28)36(38,39)40)33(45)23-44-32-7-5-6-31(32)34(46)41-35(44)47-24-26-10-18-30(37)19-11-26/h8-19H,3-7,20-24H2,1-2H3/i10D,11D,18D,19D,20D2,21D2. The molecule has 0 spiro atoms. The van der Waals surface area contributed by atoms with E-state index in [0.717, 1.165) is 28.8 Å². The monoisotopic (exact) mass is 674 g/mol. The first-order valence-electron chi connectivity index (χ1n) is 19.1. The van der Waals surface area contributed by atoms with Crippen LogP contribution in [0, 0.1) is 5.82 Å². The zero-order valence-electron chi connectivity index (χ0n) is 33.8. The summed E-state index contributed by atoms with van der Waals surface area (Å²) in [5.74, 6) is -2.47. The third-order valence-corrected chi connectivity index (χ3v) is 8.74. The van der Waals surface area contributed by atoms with Gasteiger partial charge >= 0.3 is 6.18 Å². The van der Waals surface area contributed by atoms with Crippen LogP contribution in [-0.4, -0.2) is 51.3 Å². The largest absolute Gasteiger partial charge is 0.416 e. The molecule has 0 atom stereocenters. The summed E-state index contributed by atoms with van der Waals surface area (Å²) in [4.78, 5) is 33.7. The third kappa shape index (κ3) is 8.70. The molecule has 0 N–H and O–H groups in total. The van der Waals surface area contributed by atoms with Gasteiger partial charge in [-0.25, -0.2) is 4.39 Å². The fraction of sp³-hybridized carbons (Fsp3) is 0.361. The number of carbonyl (C=O) groups is 1. The number of halogens is 4. The smallest absolute Gasteiger partial charge is 0.336 e. The van der Waals surface area contributed by atoms with Crippen LogP contribution < -0.4 is 5.56 Å². The van der Waals surface area contributed by atoms with Crippen LogP contribution >= 0.6 is 11.8 Å². The van der Waals surface area contributed by atoms with Crippen molar-refractivity contribution in [3.63, 3.8) is 0 Å². The molecular formula is C36H38F4N4O2S. The molecule has 0 fully saturated rings. The molecule has 248 valence electrons. The lowest BCUT2D eigenvalue weighted by Gasteiger charge is -2.28. The van der Waals surface area contributed by atoms with Crippen molar-refractivity contribution in [3.05, 3.63) is 117 Å².